The second-order valence-corrected chi connectivity index (χ2v) is 4.75. The molecule has 0 spiro atoms. The van der Waals surface area contributed by atoms with Crippen LogP contribution in [-0.4, -0.2) is 23.9 Å². The molecule has 9 heteroatoms. The summed E-state index contributed by atoms with van der Waals surface area (Å²) in [7, 11) is 0. The van der Waals surface area contributed by atoms with Crippen molar-refractivity contribution in [1.82, 2.24) is 0 Å². The average molecular weight is 422 g/mol. The number of carbonyl (C=O) groups is 4. The summed E-state index contributed by atoms with van der Waals surface area (Å²) in [4.78, 5) is 42.1. The van der Waals surface area contributed by atoms with Gasteiger partial charge in [0.25, 0.3) is 0 Å². The number of aromatic carboxylic acids is 2. The number of esters is 2. The molecule has 8 nitrogen and oxygen atoms in total. The summed E-state index contributed by atoms with van der Waals surface area (Å²) in [6.45, 7) is 2.40. The van der Waals surface area contributed by atoms with Gasteiger partial charge in [-0.1, -0.05) is 24.3 Å². The standard InChI is InChI=1S/2C9H8O4.Cu/c2*1-6(10)13-8-5-3-2-4-7(8)9(11)12;/h2*2-5H,1H3,(H,11,12);/p-2. The Kier molecular flexibility index (Phi) is 10.1. The van der Waals surface area contributed by atoms with Crippen molar-refractivity contribution in [3.63, 3.8) is 0 Å². The van der Waals surface area contributed by atoms with E-state index in [1.165, 1.54) is 50.2 Å². The fourth-order valence-electron chi connectivity index (χ4n) is 1.76. The van der Waals surface area contributed by atoms with Gasteiger partial charge in [0.2, 0.25) is 0 Å². The smallest absolute Gasteiger partial charge is 0.308 e. The van der Waals surface area contributed by atoms with E-state index in [4.69, 9.17) is 0 Å². The van der Waals surface area contributed by atoms with Crippen molar-refractivity contribution in [1.29, 1.82) is 0 Å². The van der Waals surface area contributed by atoms with E-state index >= 15 is 0 Å². The molecule has 0 aliphatic heterocycles. The van der Waals surface area contributed by atoms with E-state index in [1.54, 1.807) is 12.1 Å². The van der Waals surface area contributed by atoms with E-state index in [9.17, 15) is 29.4 Å². The van der Waals surface area contributed by atoms with Gasteiger partial charge in [0.05, 0.1) is 11.9 Å². The summed E-state index contributed by atoms with van der Waals surface area (Å²) in [6, 6.07) is 11.6. The third-order valence-corrected chi connectivity index (χ3v) is 2.72. The van der Waals surface area contributed by atoms with E-state index in [2.05, 4.69) is 9.47 Å². The van der Waals surface area contributed by atoms with Crippen LogP contribution in [0.15, 0.2) is 48.5 Å². The Morgan fingerprint density at radius 3 is 1.22 bits per heavy atom. The van der Waals surface area contributed by atoms with Gasteiger partial charge in [-0.2, -0.15) is 0 Å². The van der Waals surface area contributed by atoms with Crippen molar-refractivity contribution in [2.24, 2.45) is 0 Å². The van der Waals surface area contributed by atoms with Crippen LogP contribution in [-0.2, 0) is 26.7 Å². The van der Waals surface area contributed by atoms with Gasteiger partial charge in [-0.15, -0.1) is 0 Å². The number of carbonyl (C=O) groups excluding carboxylic acids is 4. The summed E-state index contributed by atoms with van der Waals surface area (Å²) in [5, 5.41) is 21.0. The molecule has 27 heavy (non-hydrogen) atoms. The van der Waals surface area contributed by atoms with E-state index in [0.29, 0.717) is 0 Å². The third-order valence-electron chi connectivity index (χ3n) is 2.72. The number of para-hydroxylation sites is 2. The van der Waals surface area contributed by atoms with Crippen LogP contribution < -0.4 is 19.7 Å². The molecule has 2 aromatic rings. The van der Waals surface area contributed by atoms with Crippen molar-refractivity contribution >= 4 is 23.9 Å². The van der Waals surface area contributed by atoms with Crippen LogP contribution in [0.1, 0.15) is 34.6 Å². The molecule has 0 atom stereocenters. The molecule has 0 aliphatic carbocycles. The number of hydrogen-bond acceptors (Lipinski definition) is 8. The summed E-state index contributed by atoms with van der Waals surface area (Å²) >= 11 is 0. The molecule has 0 saturated carbocycles. The third kappa shape index (κ3) is 8.17. The van der Waals surface area contributed by atoms with E-state index in [1.807, 2.05) is 0 Å². The van der Waals surface area contributed by atoms with Gasteiger partial charge in [-0.25, -0.2) is 0 Å². The van der Waals surface area contributed by atoms with Gasteiger partial charge in [0.1, 0.15) is 11.5 Å². The SMILES string of the molecule is CC(=O)Oc1ccccc1C(=O)[O-].CC(=O)Oc1ccccc1C(=O)[O-].[Cu]. The molecule has 2 aromatic carbocycles. The normalized spacial score (nSPS) is 8.96. The number of hydrogen-bond donors (Lipinski definition) is 0. The van der Waals surface area contributed by atoms with Crippen molar-refractivity contribution in [3.8, 4) is 11.5 Å². The Bertz CT molecular complexity index is 762. The topological polar surface area (TPSA) is 133 Å². The fraction of sp³-hybridized carbons (Fsp3) is 0.111. The van der Waals surface area contributed by atoms with Crippen LogP contribution in [0.2, 0.25) is 0 Å². The Morgan fingerprint density at radius 2 is 0.963 bits per heavy atom. The van der Waals surface area contributed by atoms with Gasteiger partial charge >= 0.3 is 11.9 Å². The van der Waals surface area contributed by atoms with E-state index in [-0.39, 0.29) is 39.7 Å². The number of carboxylic acids is 2. The molecular formula is C18H14CuO8-2. The van der Waals surface area contributed by atoms with Crippen molar-refractivity contribution in [2.45, 2.75) is 13.8 Å². The minimum atomic E-state index is -1.36. The Labute approximate surface area is 165 Å². The zero-order valence-corrected chi connectivity index (χ0v) is 15.1. The first-order chi connectivity index (χ1) is 12.2. The molecule has 0 fully saturated rings. The summed E-state index contributed by atoms with van der Waals surface area (Å²) < 4.78 is 9.29. The molecule has 0 aromatic heterocycles. The first-order valence-corrected chi connectivity index (χ1v) is 7.20. The molecule has 0 aliphatic rings. The zero-order valence-electron chi connectivity index (χ0n) is 14.2. The molecule has 2 rings (SSSR count). The fourth-order valence-corrected chi connectivity index (χ4v) is 1.76. The van der Waals surface area contributed by atoms with Crippen LogP contribution in [0, 0.1) is 0 Å². The first kappa shape index (κ1) is 23.8. The summed E-state index contributed by atoms with van der Waals surface area (Å²) in [5.74, 6) is -3.83. The molecule has 1 radical (unpaired) electrons. The molecular weight excluding hydrogens is 408 g/mol. The van der Waals surface area contributed by atoms with Gasteiger partial charge < -0.3 is 29.3 Å². The van der Waals surface area contributed by atoms with Crippen LogP contribution in [0.5, 0.6) is 11.5 Å². The van der Waals surface area contributed by atoms with Crippen molar-refractivity contribution < 1.29 is 55.9 Å². The van der Waals surface area contributed by atoms with Gasteiger partial charge in [-0.05, 0) is 24.3 Å². The van der Waals surface area contributed by atoms with Gasteiger partial charge in [0.15, 0.2) is 0 Å². The number of carboxylic acid groups (broad SMARTS) is 2. The maximum Gasteiger partial charge on any atom is 0.308 e. The minimum Gasteiger partial charge on any atom is -0.545 e. The van der Waals surface area contributed by atoms with Crippen LogP contribution in [0.25, 0.3) is 0 Å². The molecule has 147 valence electrons. The summed E-state index contributed by atoms with van der Waals surface area (Å²) in [5.41, 5.74) is -0.254. The van der Waals surface area contributed by atoms with Crippen LogP contribution in [0.4, 0.5) is 0 Å². The van der Waals surface area contributed by atoms with Crippen molar-refractivity contribution in [3.05, 3.63) is 59.7 Å². The maximum absolute atomic E-state index is 10.6. The summed E-state index contributed by atoms with van der Waals surface area (Å²) in [6.07, 6.45) is 0. The Balaban J connectivity index is 0.000000483. The maximum atomic E-state index is 10.6. The molecule has 0 saturated heterocycles. The van der Waals surface area contributed by atoms with Crippen molar-refractivity contribution in [2.75, 3.05) is 0 Å². The first-order valence-electron chi connectivity index (χ1n) is 7.20. The molecule has 0 heterocycles. The van der Waals surface area contributed by atoms with Gasteiger partial charge in [0, 0.05) is 42.0 Å². The Hall–Kier alpha value is -3.16. The predicted molar refractivity (Wildman–Crippen MR) is 84.2 cm³/mol. The predicted octanol–water partition coefficient (Wildman–Crippen LogP) is -0.0517. The quantitative estimate of drug-likeness (QED) is 0.381. The number of ether oxygens (including phenoxy) is 2. The van der Waals surface area contributed by atoms with E-state index < -0.39 is 23.9 Å². The molecule has 0 amide bonds. The second-order valence-electron chi connectivity index (χ2n) is 4.75. The number of benzene rings is 2. The monoisotopic (exact) mass is 421 g/mol. The number of rotatable bonds is 4. The van der Waals surface area contributed by atoms with E-state index in [0.717, 1.165) is 0 Å². The molecule has 0 N–H and O–H groups in total. The largest absolute Gasteiger partial charge is 0.545 e. The Morgan fingerprint density at radius 1 is 0.667 bits per heavy atom. The minimum absolute atomic E-state index is 0. The average Bonchev–Trinajstić information content (AvgIpc) is 2.55. The van der Waals surface area contributed by atoms with Crippen LogP contribution >= 0.6 is 0 Å². The van der Waals surface area contributed by atoms with Crippen LogP contribution in [0.3, 0.4) is 0 Å². The second kappa shape index (κ2) is 11.5. The zero-order chi connectivity index (χ0) is 19.7. The van der Waals surface area contributed by atoms with Gasteiger partial charge in [-0.3, -0.25) is 9.59 Å². The molecule has 0 unspecified atom stereocenters. The molecule has 0 bridgehead atoms.